The molecular weight excluding hydrogens is 805 g/mol. The SMILES string of the molecule is CNC(=O)c1cc(CCc2nc(-c3ccccn3)cn2C)nn2c(C)c(C(F)(F)F)nc12.Cc1cc(CCc2nc(-c3ccccn3)cn2C)nn2c(C)c(C(F)(F)F)nc12. The molecule has 0 saturated heterocycles. The summed E-state index contributed by atoms with van der Waals surface area (Å²) in [5, 5.41) is 11.2. The van der Waals surface area contributed by atoms with E-state index in [4.69, 9.17) is 0 Å². The summed E-state index contributed by atoms with van der Waals surface area (Å²) in [6.07, 6.45) is 0.00474. The van der Waals surface area contributed by atoms with Gasteiger partial charge in [-0.25, -0.2) is 29.0 Å². The maximum absolute atomic E-state index is 13.3. The largest absolute Gasteiger partial charge is 0.435 e. The summed E-state index contributed by atoms with van der Waals surface area (Å²) in [6, 6.07) is 14.5. The second-order valence-electron chi connectivity index (χ2n) is 14.2. The number of fused-ring (bicyclic) bond motifs is 2. The van der Waals surface area contributed by atoms with Gasteiger partial charge in [0.05, 0.1) is 39.7 Å². The molecule has 316 valence electrons. The van der Waals surface area contributed by atoms with Crippen LogP contribution in [0.3, 0.4) is 0 Å². The van der Waals surface area contributed by atoms with Crippen molar-refractivity contribution < 1.29 is 31.1 Å². The Balaban J connectivity index is 0.000000185. The number of imidazole rings is 4. The molecule has 0 aliphatic heterocycles. The van der Waals surface area contributed by atoms with E-state index in [-0.39, 0.29) is 28.2 Å². The fourth-order valence-corrected chi connectivity index (χ4v) is 6.83. The minimum Gasteiger partial charge on any atom is -0.355 e. The summed E-state index contributed by atoms with van der Waals surface area (Å²) in [7, 11) is 5.18. The average Bonchev–Trinajstić information content (AvgIpc) is 3.99. The van der Waals surface area contributed by atoms with E-state index in [2.05, 4.69) is 45.4 Å². The maximum Gasteiger partial charge on any atom is 0.435 e. The second kappa shape index (κ2) is 16.6. The van der Waals surface area contributed by atoms with Crippen LogP contribution in [0, 0.1) is 20.8 Å². The summed E-state index contributed by atoms with van der Waals surface area (Å²) >= 11 is 0. The third-order valence-electron chi connectivity index (χ3n) is 9.92. The Morgan fingerprint density at radius 3 is 1.52 bits per heavy atom. The van der Waals surface area contributed by atoms with Crippen molar-refractivity contribution in [2.24, 2.45) is 14.1 Å². The zero-order valence-corrected chi connectivity index (χ0v) is 33.8. The number of halogens is 6. The molecule has 0 saturated carbocycles. The Kier molecular flexibility index (Phi) is 11.5. The Bertz CT molecular complexity index is 2860. The lowest BCUT2D eigenvalue weighted by Crippen LogP contribution is -2.20. The highest BCUT2D eigenvalue weighted by Crippen LogP contribution is 2.33. The van der Waals surface area contributed by atoms with Gasteiger partial charge in [0.15, 0.2) is 22.7 Å². The van der Waals surface area contributed by atoms with Crippen LogP contribution in [0.5, 0.6) is 0 Å². The van der Waals surface area contributed by atoms with Crippen LogP contribution in [-0.4, -0.2) is 71.2 Å². The molecule has 0 aromatic carbocycles. The number of nitrogens with one attached hydrogen (secondary N) is 1. The summed E-state index contributed by atoms with van der Waals surface area (Å²) in [5.74, 6) is 1.07. The molecule has 20 heteroatoms. The molecule has 1 amide bonds. The molecule has 0 fully saturated rings. The summed E-state index contributed by atoms with van der Waals surface area (Å²) < 4.78 is 85.6. The fourth-order valence-electron chi connectivity index (χ4n) is 6.83. The van der Waals surface area contributed by atoms with Gasteiger partial charge in [-0.05, 0) is 75.6 Å². The van der Waals surface area contributed by atoms with Gasteiger partial charge in [0.2, 0.25) is 0 Å². The molecule has 0 radical (unpaired) electrons. The van der Waals surface area contributed by atoms with Gasteiger partial charge in [0.25, 0.3) is 5.91 Å². The third-order valence-corrected chi connectivity index (χ3v) is 9.92. The van der Waals surface area contributed by atoms with E-state index in [0.717, 1.165) is 38.9 Å². The number of pyridine rings is 2. The monoisotopic (exact) mass is 843 g/mol. The molecule has 0 aliphatic carbocycles. The smallest absolute Gasteiger partial charge is 0.355 e. The standard InChI is InChI=1S/C21H20F3N7O.C20H19F3N6/c1-12-18(21(22,23)24)28-19-14(20(32)25-2)10-13(29-31(12)19)7-8-17-27-16(11-30(17)3)15-6-4-5-9-26-15;1-12-10-14(27-29-13(2)18(20(21,22)23)26-19(12)29)7-8-17-25-16(11-28(17)3)15-6-4-5-9-24-15/h4-6,9-11H,7-8H2,1-3H3,(H,25,32);4-6,9-11H,7-8H2,1-3H3. The summed E-state index contributed by atoms with van der Waals surface area (Å²) in [4.78, 5) is 37.6. The molecule has 8 aromatic rings. The van der Waals surface area contributed by atoms with Crippen molar-refractivity contribution in [2.45, 2.75) is 58.8 Å². The first-order valence-electron chi connectivity index (χ1n) is 18.9. The van der Waals surface area contributed by atoms with Crippen LogP contribution >= 0.6 is 0 Å². The van der Waals surface area contributed by atoms with Crippen molar-refractivity contribution in [1.29, 1.82) is 0 Å². The van der Waals surface area contributed by atoms with Gasteiger partial charge in [-0.2, -0.15) is 36.5 Å². The third kappa shape index (κ3) is 8.83. The summed E-state index contributed by atoms with van der Waals surface area (Å²) in [6.45, 7) is 4.41. The molecule has 0 atom stereocenters. The highest BCUT2D eigenvalue weighted by atomic mass is 19.4. The molecular formula is C41H39F6N13O. The van der Waals surface area contributed by atoms with E-state index < -0.39 is 29.6 Å². The lowest BCUT2D eigenvalue weighted by Gasteiger charge is -2.07. The molecule has 8 aromatic heterocycles. The molecule has 1 N–H and O–H groups in total. The quantitative estimate of drug-likeness (QED) is 0.153. The topological polar surface area (TPSA) is 151 Å². The molecule has 0 aliphatic rings. The number of nitrogens with zero attached hydrogens (tertiary/aromatic N) is 12. The van der Waals surface area contributed by atoms with Crippen LogP contribution in [-0.2, 0) is 52.1 Å². The normalized spacial score (nSPS) is 11.9. The van der Waals surface area contributed by atoms with Crippen LogP contribution in [0.1, 0.15) is 61.7 Å². The second-order valence-corrected chi connectivity index (χ2v) is 14.2. The number of carbonyl (C=O) groups excluding carboxylic acids is 1. The number of amides is 1. The highest BCUT2D eigenvalue weighted by molar-refractivity contribution is 5.99. The molecule has 61 heavy (non-hydrogen) atoms. The molecule has 14 nitrogen and oxygen atoms in total. The van der Waals surface area contributed by atoms with Gasteiger partial charge in [-0.15, -0.1) is 0 Å². The number of hydrogen-bond donors (Lipinski definition) is 1. The van der Waals surface area contributed by atoms with E-state index in [1.807, 2.05) is 72.0 Å². The number of rotatable bonds is 9. The predicted octanol–water partition coefficient (Wildman–Crippen LogP) is 6.94. The van der Waals surface area contributed by atoms with Crippen LogP contribution in [0.15, 0.2) is 73.3 Å². The Morgan fingerprint density at radius 2 is 1.08 bits per heavy atom. The van der Waals surface area contributed by atoms with Crippen molar-refractivity contribution in [3.8, 4) is 22.8 Å². The lowest BCUT2D eigenvalue weighted by atomic mass is 10.1. The van der Waals surface area contributed by atoms with Gasteiger partial charge >= 0.3 is 12.4 Å². The Hall–Kier alpha value is -6.99. The predicted molar refractivity (Wildman–Crippen MR) is 211 cm³/mol. The van der Waals surface area contributed by atoms with Gasteiger partial charge in [-0.1, -0.05) is 12.1 Å². The Labute approximate surface area is 344 Å². The zero-order valence-electron chi connectivity index (χ0n) is 33.8. The van der Waals surface area contributed by atoms with Crippen molar-refractivity contribution in [1.82, 2.24) is 63.6 Å². The van der Waals surface area contributed by atoms with Gasteiger partial charge in [-0.3, -0.25) is 14.8 Å². The van der Waals surface area contributed by atoms with Crippen LogP contribution in [0.4, 0.5) is 26.3 Å². The fraction of sp³-hybridized carbons (Fsp3) is 0.293. The number of carbonyl (C=O) groups is 1. The number of aromatic nitrogens is 12. The first-order valence-corrected chi connectivity index (χ1v) is 18.9. The Morgan fingerprint density at radius 1 is 0.623 bits per heavy atom. The summed E-state index contributed by atoms with van der Waals surface area (Å²) in [5.41, 5.74) is 2.82. The minimum atomic E-state index is -4.65. The highest BCUT2D eigenvalue weighted by Gasteiger charge is 2.38. The van der Waals surface area contributed by atoms with E-state index in [1.54, 1.807) is 25.4 Å². The van der Waals surface area contributed by atoms with Crippen LogP contribution in [0.25, 0.3) is 34.1 Å². The van der Waals surface area contributed by atoms with Crippen molar-refractivity contribution in [3.05, 3.63) is 130 Å². The first kappa shape index (κ1) is 42.1. The number of hydrogen-bond acceptors (Lipinski definition) is 9. The van der Waals surface area contributed by atoms with Crippen molar-refractivity contribution in [2.75, 3.05) is 7.05 Å². The van der Waals surface area contributed by atoms with E-state index in [0.29, 0.717) is 42.6 Å². The average molecular weight is 844 g/mol. The minimum absolute atomic E-state index is 0.00752. The van der Waals surface area contributed by atoms with Gasteiger partial charge in [0.1, 0.15) is 23.0 Å². The number of alkyl halides is 6. The van der Waals surface area contributed by atoms with Gasteiger partial charge in [0, 0.05) is 58.8 Å². The van der Waals surface area contributed by atoms with Crippen LogP contribution < -0.4 is 5.32 Å². The van der Waals surface area contributed by atoms with Crippen molar-refractivity contribution in [3.63, 3.8) is 0 Å². The number of aryl methyl sites for hydroxylation is 9. The van der Waals surface area contributed by atoms with Crippen LogP contribution in [0.2, 0.25) is 0 Å². The van der Waals surface area contributed by atoms with Crippen molar-refractivity contribution >= 4 is 17.2 Å². The van der Waals surface area contributed by atoms with E-state index >= 15 is 0 Å². The van der Waals surface area contributed by atoms with E-state index in [9.17, 15) is 31.1 Å². The molecule has 8 heterocycles. The zero-order chi connectivity index (χ0) is 43.8. The maximum atomic E-state index is 13.3. The lowest BCUT2D eigenvalue weighted by molar-refractivity contribution is -0.142. The first-order chi connectivity index (χ1) is 28.9. The molecule has 0 spiro atoms. The molecule has 0 bridgehead atoms. The van der Waals surface area contributed by atoms with Gasteiger partial charge < -0.3 is 14.5 Å². The molecule has 0 unspecified atom stereocenters. The molecule has 8 rings (SSSR count). The van der Waals surface area contributed by atoms with E-state index in [1.165, 1.54) is 31.5 Å².